The van der Waals surface area contributed by atoms with E-state index in [9.17, 15) is 0 Å². The maximum atomic E-state index is 5.73. The first-order chi connectivity index (χ1) is 5.07. The van der Waals surface area contributed by atoms with E-state index in [0.717, 1.165) is 5.70 Å². The summed E-state index contributed by atoms with van der Waals surface area (Å²) in [7, 11) is 1.97. The van der Waals surface area contributed by atoms with Crippen molar-refractivity contribution < 1.29 is 0 Å². The highest BCUT2D eigenvalue weighted by Gasteiger charge is 1.96. The van der Waals surface area contributed by atoms with Crippen LogP contribution in [0.4, 0.5) is 0 Å². The van der Waals surface area contributed by atoms with Crippen molar-refractivity contribution in [3.63, 3.8) is 0 Å². The van der Waals surface area contributed by atoms with E-state index in [1.807, 2.05) is 37.3 Å². The van der Waals surface area contributed by atoms with Crippen LogP contribution in [0.25, 0.3) is 0 Å². The van der Waals surface area contributed by atoms with Gasteiger partial charge in [0.05, 0.1) is 0 Å². The average molecular weight is 154 g/mol. The maximum absolute atomic E-state index is 5.73. The van der Waals surface area contributed by atoms with Crippen LogP contribution in [-0.4, -0.2) is 11.9 Å². The summed E-state index contributed by atoms with van der Waals surface area (Å²) in [4.78, 5) is 1.95. The van der Waals surface area contributed by atoms with Crippen LogP contribution < -0.4 is 5.73 Å². The van der Waals surface area contributed by atoms with Crippen molar-refractivity contribution >= 4 is 0 Å². The van der Waals surface area contributed by atoms with Crippen LogP contribution in [0.2, 0.25) is 0 Å². The molecule has 0 unspecified atom stereocenters. The van der Waals surface area contributed by atoms with E-state index in [1.54, 1.807) is 0 Å². The Hall–Kier alpha value is -0.920. The lowest BCUT2D eigenvalue weighted by molar-refractivity contribution is 0.597. The van der Waals surface area contributed by atoms with Crippen LogP contribution in [0.5, 0.6) is 0 Å². The van der Waals surface area contributed by atoms with Crippen molar-refractivity contribution in [3.05, 3.63) is 24.2 Å². The fourth-order valence-electron chi connectivity index (χ4n) is 0.662. The Kier molecular flexibility index (Phi) is 4.42. The normalized spacial score (nSPS) is 13.0. The average Bonchev–Trinajstić information content (AvgIpc) is 1.87. The predicted octanol–water partition coefficient (Wildman–Crippen LogP) is 1.91. The van der Waals surface area contributed by atoms with Crippen LogP contribution in [0.1, 0.15) is 20.8 Å². The summed E-state index contributed by atoms with van der Waals surface area (Å²) in [6, 6.07) is 0. The largest absolute Gasteiger partial charge is 0.401 e. The zero-order valence-electron chi connectivity index (χ0n) is 7.83. The molecule has 0 aromatic heterocycles. The van der Waals surface area contributed by atoms with Gasteiger partial charge in [-0.15, -0.1) is 0 Å². The van der Waals surface area contributed by atoms with Gasteiger partial charge in [0.25, 0.3) is 0 Å². The van der Waals surface area contributed by atoms with Gasteiger partial charge in [0.15, 0.2) is 0 Å². The standard InChI is InChI=1S/C9H18N2/c1-5-6-11(4)7-9(10)8(2)3/h5-8H,10H2,1-4H3/b6-5-,9-7-. The van der Waals surface area contributed by atoms with E-state index in [2.05, 4.69) is 13.8 Å². The monoisotopic (exact) mass is 154 g/mol. The van der Waals surface area contributed by atoms with Crippen LogP contribution >= 0.6 is 0 Å². The van der Waals surface area contributed by atoms with Crippen molar-refractivity contribution in [1.29, 1.82) is 0 Å². The van der Waals surface area contributed by atoms with Gasteiger partial charge >= 0.3 is 0 Å². The first kappa shape index (κ1) is 10.1. The van der Waals surface area contributed by atoms with Gasteiger partial charge in [-0.3, -0.25) is 0 Å². The Morgan fingerprint density at radius 3 is 2.36 bits per heavy atom. The number of allylic oxidation sites excluding steroid dienone is 2. The maximum Gasteiger partial charge on any atom is 0.0271 e. The molecule has 11 heavy (non-hydrogen) atoms. The second-order valence-corrected chi connectivity index (χ2v) is 2.93. The summed E-state index contributed by atoms with van der Waals surface area (Å²) >= 11 is 0. The van der Waals surface area contributed by atoms with Crippen molar-refractivity contribution in [1.82, 2.24) is 4.90 Å². The molecule has 0 bridgehead atoms. The summed E-state index contributed by atoms with van der Waals surface area (Å²) in [6.07, 6.45) is 5.88. The fourth-order valence-corrected chi connectivity index (χ4v) is 0.662. The minimum absolute atomic E-state index is 0.419. The molecule has 0 aromatic rings. The number of nitrogens with zero attached hydrogens (tertiary/aromatic N) is 1. The molecule has 0 aliphatic rings. The van der Waals surface area contributed by atoms with Crippen molar-refractivity contribution in [2.45, 2.75) is 20.8 Å². The number of nitrogens with two attached hydrogens (primary N) is 1. The van der Waals surface area contributed by atoms with Crippen LogP contribution in [0, 0.1) is 5.92 Å². The molecular weight excluding hydrogens is 136 g/mol. The molecule has 2 N–H and O–H groups in total. The highest BCUT2D eigenvalue weighted by molar-refractivity contribution is 5.00. The highest BCUT2D eigenvalue weighted by Crippen LogP contribution is 2.02. The van der Waals surface area contributed by atoms with Crippen LogP contribution in [0.15, 0.2) is 24.2 Å². The SMILES string of the molecule is C/C=C\N(C)/C=C(\N)C(C)C. The van der Waals surface area contributed by atoms with E-state index in [0.29, 0.717) is 5.92 Å². The molecule has 2 nitrogen and oxygen atoms in total. The van der Waals surface area contributed by atoms with Crippen LogP contribution in [0.3, 0.4) is 0 Å². The van der Waals surface area contributed by atoms with Gasteiger partial charge in [0, 0.05) is 18.9 Å². The smallest absolute Gasteiger partial charge is 0.0271 e. The van der Waals surface area contributed by atoms with E-state index in [-0.39, 0.29) is 0 Å². The van der Waals surface area contributed by atoms with Gasteiger partial charge in [-0.25, -0.2) is 0 Å². The lowest BCUT2D eigenvalue weighted by Crippen LogP contribution is -2.11. The predicted molar refractivity (Wildman–Crippen MR) is 49.7 cm³/mol. The lowest BCUT2D eigenvalue weighted by atomic mass is 10.1. The van der Waals surface area contributed by atoms with Gasteiger partial charge in [-0.05, 0) is 19.0 Å². The quantitative estimate of drug-likeness (QED) is 0.672. The Morgan fingerprint density at radius 2 is 2.00 bits per heavy atom. The van der Waals surface area contributed by atoms with Gasteiger partial charge in [-0.2, -0.15) is 0 Å². The number of hydrogen-bond donors (Lipinski definition) is 1. The second-order valence-electron chi connectivity index (χ2n) is 2.93. The molecule has 0 aromatic carbocycles. The van der Waals surface area contributed by atoms with Gasteiger partial charge in [-0.1, -0.05) is 19.9 Å². The molecule has 0 heterocycles. The van der Waals surface area contributed by atoms with E-state index in [1.165, 1.54) is 0 Å². The molecule has 0 amide bonds. The second kappa shape index (κ2) is 4.83. The fraction of sp³-hybridized carbons (Fsp3) is 0.556. The molecule has 0 radical (unpaired) electrons. The van der Waals surface area contributed by atoms with Gasteiger partial charge < -0.3 is 10.6 Å². The third kappa shape index (κ3) is 4.48. The van der Waals surface area contributed by atoms with E-state index >= 15 is 0 Å². The van der Waals surface area contributed by atoms with Crippen molar-refractivity contribution in [2.75, 3.05) is 7.05 Å². The summed E-state index contributed by atoms with van der Waals surface area (Å²) in [6.45, 7) is 6.14. The zero-order valence-corrected chi connectivity index (χ0v) is 7.83. The highest BCUT2D eigenvalue weighted by atomic mass is 15.1. The molecule has 0 spiro atoms. The molecule has 0 atom stereocenters. The molecule has 0 saturated carbocycles. The summed E-state index contributed by atoms with van der Waals surface area (Å²) < 4.78 is 0. The molecule has 0 saturated heterocycles. The Bertz CT molecular complexity index is 157. The van der Waals surface area contributed by atoms with Gasteiger partial charge in [0.1, 0.15) is 0 Å². The minimum Gasteiger partial charge on any atom is -0.401 e. The molecule has 0 aliphatic carbocycles. The Morgan fingerprint density at radius 1 is 1.45 bits per heavy atom. The molecule has 0 aliphatic heterocycles. The molecule has 0 rings (SSSR count). The topological polar surface area (TPSA) is 29.3 Å². The Labute approximate surface area is 69.4 Å². The molecule has 2 heteroatoms. The van der Waals surface area contributed by atoms with E-state index in [4.69, 9.17) is 5.73 Å². The number of hydrogen-bond acceptors (Lipinski definition) is 2. The zero-order chi connectivity index (χ0) is 8.85. The van der Waals surface area contributed by atoms with E-state index < -0.39 is 0 Å². The third-order valence-corrected chi connectivity index (χ3v) is 1.40. The third-order valence-electron chi connectivity index (χ3n) is 1.40. The van der Waals surface area contributed by atoms with Crippen molar-refractivity contribution in [2.24, 2.45) is 11.7 Å². The van der Waals surface area contributed by atoms with Gasteiger partial charge in [0.2, 0.25) is 0 Å². The van der Waals surface area contributed by atoms with Crippen molar-refractivity contribution in [3.8, 4) is 0 Å². The molecular formula is C9H18N2. The summed E-state index contributed by atoms with van der Waals surface area (Å²) in [5, 5.41) is 0. The number of rotatable bonds is 3. The molecule has 64 valence electrons. The first-order valence-electron chi connectivity index (χ1n) is 3.90. The lowest BCUT2D eigenvalue weighted by Gasteiger charge is -2.11. The summed E-state index contributed by atoms with van der Waals surface area (Å²) in [5.74, 6) is 0.419. The Balaban J connectivity index is 4.07. The minimum atomic E-state index is 0.419. The molecule has 0 fully saturated rings. The van der Waals surface area contributed by atoms with Crippen LogP contribution in [-0.2, 0) is 0 Å². The summed E-state index contributed by atoms with van der Waals surface area (Å²) in [5.41, 5.74) is 6.64. The first-order valence-corrected chi connectivity index (χ1v) is 3.90.